The summed E-state index contributed by atoms with van der Waals surface area (Å²) in [5.41, 5.74) is 0.629. The van der Waals surface area contributed by atoms with Gasteiger partial charge in [0, 0.05) is 12.2 Å². The van der Waals surface area contributed by atoms with Crippen molar-refractivity contribution in [1.82, 2.24) is 0 Å². The summed E-state index contributed by atoms with van der Waals surface area (Å²) in [5.74, 6) is -2.87. The largest absolute Gasteiger partial charge is 0.497 e. The van der Waals surface area contributed by atoms with Gasteiger partial charge in [0.2, 0.25) is 0 Å². The molecule has 0 aliphatic rings. The summed E-state index contributed by atoms with van der Waals surface area (Å²) < 4.78 is 18.6. The number of hydrogen-bond acceptors (Lipinski definition) is 8. The van der Waals surface area contributed by atoms with E-state index in [0.717, 1.165) is 19.3 Å². The number of rotatable bonds is 7. The molecule has 0 radical (unpaired) electrons. The maximum absolute atomic E-state index is 11.7. The molecule has 8 nitrogen and oxygen atoms in total. The van der Waals surface area contributed by atoms with Gasteiger partial charge in [0.05, 0.1) is 20.6 Å². The standard InChI is InChI=1S/C17H18O8/c1-11(24-15(19)9-8-14(18)23-3)17(21)25-16(20)10-12-4-6-13(22-2)7-5-12/h4-9,11H,10H2,1-3H3/b9-8-. The molecule has 0 saturated heterocycles. The summed E-state index contributed by atoms with van der Waals surface area (Å²) >= 11 is 0. The Balaban J connectivity index is 2.47. The summed E-state index contributed by atoms with van der Waals surface area (Å²) in [6.07, 6.45) is 0.206. The molecule has 1 atom stereocenters. The Morgan fingerprint density at radius 3 is 2.16 bits per heavy atom. The van der Waals surface area contributed by atoms with Crippen LogP contribution in [0.1, 0.15) is 12.5 Å². The highest BCUT2D eigenvalue weighted by Crippen LogP contribution is 2.12. The van der Waals surface area contributed by atoms with Crippen molar-refractivity contribution in [3.05, 3.63) is 42.0 Å². The van der Waals surface area contributed by atoms with E-state index in [2.05, 4.69) is 9.47 Å². The molecule has 1 rings (SSSR count). The van der Waals surface area contributed by atoms with Crippen molar-refractivity contribution in [2.24, 2.45) is 0 Å². The molecule has 0 spiro atoms. The fraction of sp³-hybridized carbons (Fsp3) is 0.294. The summed E-state index contributed by atoms with van der Waals surface area (Å²) in [7, 11) is 2.66. The highest BCUT2D eigenvalue weighted by atomic mass is 16.6. The van der Waals surface area contributed by atoms with Crippen molar-refractivity contribution < 1.29 is 38.1 Å². The lowest BCUT2D eigenvalue weighted by molar-refractivity contribution is -0.171. The first-order valence-electron chi connectivity index (χ1n) is 7.19. The van der Waals surface area contributed by atoms with Crippen molar-refractivity contribution in [2.45, 2.75) is 19.4 Å². The monoisotopic (exact) mass is 350 g/mol. The lowest BCUT2D eigenvalue weighted by Crippen LogP contribution is -2.28. The first-order chi connectivity index (χ1) is 11.8. The third-order valence-corrected chi connectivity index (χ3v) is 2.90. The van der Waals surface area contributed by atoms with Gasteiger partial charge >= 0.3 is 23.9 Å². The molecule has 0 amide bonds. The van der Waals surface area contributed by atoms with Crippen molar-refractivity contribution in [3.8, 4) is 5.75 Å². The zero-order valence-electron chi connectivity index (χ0n) is 14.0. The number of esters is 4. The zero-order valence-corrected chi connectivity index (χ0v) is 14.0. The SMILES string of the molecule is COC(=O)/C=C\C(=O)OC(C)C(=O)OC(=O)Cc1ccc(OC)cc1. The van der Waals surface area contributed by atoms with Gasteiger partial charge in [-0.15, -0.1) is 0 Å². The Kier molecular flexibility index (Phi) is 7.85. The molecule has 0 bridgehead atoms. The van der Waals surface area contributed by atoms with Crippen LogP contribution in [0.4, 0.5) is 0 Å². The maximum atomic E-state index is 11.7. The van der Waals surface area contributed by atoms with Crippen LogP contribution in [-0.4, -0.2) is 44.2 Å². The molecular formula is C17H18O8. The Hall–Kier alpha value is -3.16. The lowest BCUT2D eigenvalue weighted by Gasteiger charge is -2.10. The predicted octanol–water partition coefficient (Wildman–Crippen LogP) is 0.968. The molecule has 0 aliphatic carbocycles. The van der Waals surface area contributed by atoms with Gasteiger partial charge in [0.1, 0.15) is 5.75 Å². The molecular weight excluding hydrogens is 332 g/mol. The van der Waals surface area contributed by atoms with Crippen LogP contribution >= 0.6 is 0 Å². The number of carbonyl (C=O) groups excluding carboxylic acids is 4. The van der Waals surface area contributed by atoms with Gasteiger partial charge in [0.25, 0.3) is 0 Å². The van der Waals surface area contributed by atoms with Gasteiger partial charge in [-0.25, -0.2) is 14.4 Å². The molecule has 0 heterocycles. The number of benzene rings is 1. The lowest BCUT2D eigenvalue weighted by atomic mass is 10.1. The smallest absolute Gasteiger partial charge is 0.354 e. The van der Waals surface area contributed by atoms with Crippen LogP contribution in [0.25, 0.3) is 0 Å². The third-order valence-electron chi connectivity index (χ3n) is 2.90. The first-order valence-corrected chi connectivity index (χ1v) is 7.19. The predicted molar refractivity (Wildman–Crippen MR) is 84.5 cm³/mol. The van der Waals surface area contributed by atoms with Crippen molar-refractivity contribution in [2.75, 3.05) is 14.2 Å². The first kappa shape index (κ1) is 19.9. The Labute approximate surface area is 144 Å². The van der Waals surface area contributed by atoms with Crippen LogP contribution in [0, 0.1) is 0 Å². The van der Waals surface area contributed by atoms with Crippen molar-refractivity contribution in [1.29, 1.82) is 0 Å². The Morgan fingerprint density at radius 1 is 1.00 bits per heavy atom. The second kappa shape index (κ2) is 9.86. The topological polar surface area (TPSA) is 105 Å². The average molecular weight is 350 g/mol. The van der Waals surface area contributed by atoms with E-state index < -0.39 is 30.0 Å². The number of ether oxygens (including phenoxy) is 4. The van der Waals surface area contributed by atoms with E-state index in [0.29, 0.717) is 11.3 Å². The second-order valence-electron chi connectivity index (χ2n) is 4.75. The van der Waals surface area contributed by atoms with Crippen LogP contribution in [0.5, 0.6) is 5.75 Å². The van der Waals surface area contributed by atoms with Gasteiger partial charge in [-0.2, -0.15) is 0 Å². The molecule has 1 unspecified atom stereocenters. The molecule has 1 aromatic carbocycles. The Morgan fingerprint density at radius 2 is 1.60 bits per heavy atom. The second-order valence-corrected chi connectivity index (χ2v) is 4.75. The van der Waals surface area contributed by atoms with E-state index in [4.69, 9.17) is 9.47 Å². The van der Waals surface area contributed by atoms with E-state index in [9.17, 15) is 19.2 Å². The van der Waals surface area contributed by atoms with Gasteiger partial charge in [0.15, 0.2) is 6.10 Å². The van der Waals surface area contributed by atoms with E-state index in [1.165, 1.54) is 14.0 Å². The molecule has 8 heteroatoms. The van der Waals surface area contributed by atoms with Crippen molar-refractivity contribution in [3.63, 3.8) is 0 Å². The average Bonchev–Trinajstić information content (AvgIpc) is 2.60. The molecule has 0 saturated carbocycles. The van der Waals surface area contributed by atoms with Crippen LogP contribution in [0.3, 0.4) is 0 Å². The highest BCUT2D eigenvalue weighted by Gasteiger charge is 2.21. The van der Waals surface area contributed by atoms with Crippen LogP contribution in [0.15, 0.2) is 36.4 Å². The van der Waals surface area contributed by atoms with Gasteiger partial charge < -0.3 is 18.9 Å². The quantitative estimate of drug-likeness (QED) is 0.310. The molecule has 0 N–H and O–H groups in total. The summed E-state index contributed by atoms with van der Waals surface area (Å²) in [5, 5.41) is 0. The van der Waals surface area contributed by atoms with Crippen LogP contribution < -0.4 is 4.74 Å². The van der Waals surface area contributed by atoms with E-state index >= 15 is 0 Å². The van der Waals surface area contributed by atoms with Crippen molar-refractivity contribution >= 4 is 23.9 Å². The summed E-state index contributed by atoms with van der Waals surface area (Å²) in [6.45, 7) is 1.24. The normalized spacial score (nSPS) is 11.5. The van der Waals surface area contributed by atoms with E-state index in [-0.39, 0.29) is 6.42 Å². The van der Waals surface area contributed by atoms with E-state index in [1.807, 2.05) is 0 Å². The fourth-order valence-electron chi connectivity index (χ4n) is 1.61. The third kappa shape index (κ3) is 7.30. The molecule has 0 aliphatic heterocycles. The van der Waals surface area contributed by atoms with Gasteiger partial charge in [-0.3, -0.25) is 4.79 Å². The fourth-order valence-corrected chi connectivity index (χ4v) is 1.61. The molecule has 134 valence electrons. The van der Waals surface area contributed by atoms with Crippen LogP contribution in [-0.2, 0) is 39.8 Å². The molecule has 0 fully saturated rings. The summed E-state index contributed by atoms with van der Waals surface area (Å²) in [6, 6.07) is 6.65. The number of methoxy groups -OCH3 is 2. The minimum atomic E-state index is -1.31. The van der Waals surface area contributed by atoms with E-state index in [1.54, 1.807) is 24.3 Å². The number of carbonyl (C=O) groups is 4. The minimum Gasteiger partial charge on any atom is -0.497 e. The number of hydrogen-bond donors (Lipinski definition) is 0. The molecule has 25 heavy (non-hydrogen) atoms. The highest BCUT2D eigenvalue weighted by molar-refractivity contribution is 5.94. The zero-order chi connectivity index (χ0) is 18.8. The maximum Gasteiger partial charge on any atom is 0.354 e. The molecule has 0 aromatic heterocycles. The van der Waals surface area contributed by atoms with Crippen LogP contribution in [0.2, 0.25) is 0 Å². The Bertz CT molecular complexity index is 660. The van der Waals surface area contributed by atoms with Gasteiger partial charge in [-0.1, -0.05) is 12.1 Å². The minimum absolute atomic E-state index is 0.126. The summed E-state index contributed by atoms with van der Waals surface area (Å²) in [4.78, 5) is 45.7. The van der Waals surface area contributed by atoms with Gasteiger partial charge in [-0.05, 0) is 24.6 Å². The molecule has 1 aromatic rings.